The summed E-state index contributed by atoms with van der Waals surface area (Å²) in [6.45, 7) is 11.1. The van der Waals surface area contributed by atoms with Crippen LogP contribution in [0.25, 0.3) is 10.9 Å². The van der Waals surface area contributed by atoms with Crippen molar-refractivity contribution in [2.45, 2.75) is 27.7 Å². The molecule has 1 saturated heterocycles. The maximum atomic E-state index is 12.0. The summed E-state index contributed by atoms with van der Waals surface area (Å²) in [5.41, 5.74) is 1.08. The van der Waals surface area contributed by atoms with Crippen LogP contribution >= 0.6 is 0 Å². The van der Waals surface area contributed by atoms with Gasteiger partial charge in [0.2, 0.25) is 5.91 Å². The van der Waals surface area contributed by atoms with Crippen LogP contribution in [0.4, 0.5) is 5.82 Å². The number of anilines is 1. The molecule has 1 aliphatic rings. The standard InChI is InChI=1S/C15H20N4O.C2H6/c1-11(2)15(20)19-9-7-18(8-10-19)14-13-12(3-5-16-13)4-6-17-14;1-2/h3-6,11,16H,7-10H2,1-2H3;1-2H3. The number of piperazine rings is 1. The van der Waals surface area contributed by atoms with Crippen LogP contribution in [0.3, 0.4) is 0 Å². The number of aromatic nitrogens is 2. The van der Waals surface area contributed by atoms with Gasteiger partial charge in [-0.05, 0) is 12.1 Å². The van der Waals surface area contributed by atoms with Gasteiger partial charge in [-0.25, -0.2) is 4.98 Å². The number of nitrogens with zero attached hydrogens (tertiary/aromatic N) is 3. The Kier molecular flexibility index (Phi) is 5.41. The van der Waals surface area contributed by atoms with Crippen molar-refractivity contribution < 1.29 is 4.79 Å². The third-order valence-electron chi connectivity index (χ3n) is 3.84. The molecule has 2 aromatic heterocycles. The van der Waals surface area contributed by atoms with E-state index >= 15 is 0 Å². The van der Waals surface area contributed by atoms with Gasteiger partial charge in [-0.3, -0.25) is 4.79 Å². The van der Waals surface area contributed by atoms with Crippen LogP contribution in [0.1, 0.15) is 27.7 Å². The van der Waals surface area contributed by atoms with Crippen molar-refractivity contribution in [1.82, 2.24) is 14.9 Å². The van der Waals surface area contributed by atoms with Crippen LogP contribution in [0.5, 0.6) is 0 Å². The van der Waals surface area contributed by atoms with Crippen molar-refractivity contribution in [2.75, 3.05) is 31.1 Å². The molecule has 1 aliphatic heterocycles. The minimum absolute atomic E-state index is 0.0755. The molecule has 3 heterocycles. The molecule has 5 heteroatoms. The summed E-state index contributed by atoms with van der Waals surface area (Å²) in [5, 5.41) is 1.18. The molecule has 0 aromatic carbocycles. The van der Waals surface area contributed by atoms with Crippen LogP contribution < -0.4 is 4.90 Å². The summed E-state index contributed by atoms with van der Waals surface area (Å²) in [7, 11) is 0. The third-order valence-corrected chi connectivity index (χ3v) is 3.84. The van der Waals surface area contributed by atoms with Crippen LogP contribution in [0, 0.1) is 5.92 Å². The molecule has 1 N–H and O–H groups in total. The van der Waals surface area contributed by atoms with Crippen LogP contribution in [0.15, 0.2) is 24.5 Å². The lowest BCUT2D eigenvalue weighted by molar-refractivity contribution is -0.134. The van der Waals surface area contributed by atoms with Gasteiger partial charge in [0.05, 0.1) is 5.52 Å². The van der Waals surface area contributed by atoms with Gasteiger partial charge in [0.25, 0.3) is 0 Å². The number of hydrogen-bond donors (Lipinski definition) is 1. The summed E-state index contributed by atoms with van der Waals surface area (Å²) in [6.07, 6.45) is 3.78. The summed E-state index contributed by atoms with van der Waals surface area (Å²) in [5.74, 6) is 1.31. The fourth-order valence-electron chi connectivity index (χ4n) is 2.71. The highest BCUT2D eigenvalue weighted by molar-refractivity contribution is 5.89. The van der Waals surface area contributed by atoms with Gasteiger partial charge in [-0.15, -0.1) is 0 Å². The molecular formula is C17H26N4O. The Balaban J connectivity index is 0.000000847. The lowest BCUT2D eigenvalue weighted by Gasteiger charge is -2.36. The predicted molar refractivity (Wildman–Crippen MR) is 91.1 cm³/mol. The van der Waals surface area contributed by atoms with E-state index in [9.17, 15) is 4.79 Å². The molecule has 0 saturated carbocycles. The highest BCUT2D eigenvalue weighted by atomic mass is 16.2. The highest BCUT2D eigenvalue weighted by Gasteiger charge is 2.24. The summed E-state index contributed by atoms with van der Waals surface area (Å²) >= 11 is 0. The molecular weight excluding hydrogens is 276 g/mol. The third kappa shape index (κ3) is 3.24. The van der Waals surface area contributed by atoms with Crippen LogP contribution in [0.2, 0.25) is 0 Å². The van der Waals surface area contributed by atoms with Gasteiger partial charge >= 0.3 is 0 Å². The van der Waals surface area contributed by atoms with Gasteiger partial charge in [-0.1, -0.05) is 27.7 Å². The average Bonchev–Trinajstić information content (AvgIpc) is 3.04. The lowest BCUT2D eigenvalue weighted by Crippen LogP contribution is -2.50. The number of nitrogens with one attached hydrogen (secondary N) is 1. The van der Waals surface area contributed by atoms with E-state index in [1.54, 1.807) is 0 Å². The Morgan fingerprint density at radius 2 is 1.86 bits per heavy atom. The highest BCUT2D eigenvalue weighted by Crippen LogP contribution is 2.23. The van der Waals surface area contributed by atoms with Crippen molar-refractivity contribution >= 4 is 22.6 Å². The zero-order chi connectivity index (χ0) is 16.1. The zero-order valence-corrected chi connectivity index (χ0v) is 14.0. The molecule has 1 fully saturated rings. The first-order valence-electron chi connectivity index (χ1n) is 8.12. The van der Waals surface area contributed by atoms with Crippen molar-refractivity contribution in [2.24, 2.45) is 5.92 Å². The number of hydrogen-bond acceptors (Lipinski definition) is 3. The SMILES string of the molecule is CC.CC(C)C(=O)N1CCN(c2nccc3cc[nH]c23)CC1. The van der Waals surface area contributed by atoms with Crippen molar-refractivity contribution in [3.8, 4) is 0 Å². The molecule has 0 aliphatic carbocycles. The lowest BCUT2D eigenvalue weighted by atomic mass is 10.1. The molecule has 0 spiro atoms. The number of carbonyl (C=O) groups is 1. The molecule has 120 valence electrons. The molecule has 0 radical (unpaired) electrons. The van der Waals surface area contributed by atoms with E-state index in [1.807, 2.05) is 51.1 Å². The molecule has 2 aromatic rings. The second-order valence-corrected chi connectivity index (χ2v) is 5.54. The van der Waals surface area contributed by atoms with E-state index in [2.05, 4.69) is 20.9 Å². The number of carbonyl (C=O) groups excluding carboxylic acids is 1. The Morgan fingerprint density at radius 1 is 1.18 bits per heavy atom. The summed E-state index contributed by atoms with van der Waals surface area (Å²) < 4.78 is 0. The molecule has 1 amide bonds. The number of aromatic amines is 1. The Morgan fingerprint density at radius 3 is 2.50 bits per heavy atom. The second kappa shape index (κ2) is 7.29. The molecule has 0 atom stereocenters. The average molecular weight is 302 g/mol. The number of H-pyrrole nitrogens is 1. The van der Waals surface area contributed by atoms with E-state index in [4.69, 9.17) is 0 Å². The maximum absolute atomic E-state index is 12.0. The van der Waals surface area contributed by atoms with Crippen molar-refractivity contribution in [3.05, 3.63) is 24.5 Å². The van der Waals surface area contributed by atoms with E-state index < -0.39 is 0 Å². The van der Waals surface area contributed by atoms with Crippen molar-refractivity contribution in [1.29, 1.82) is 0 Å². The monoisotopic (exact) mass is 302 g/mol. The Labute approximate surface area is 132 Å². The number of rotatable bonds is 2. The zero-order valence-electron chi connectivity index (χ0n) is 14.0. The quantitative estimate of drug-likeness (QED) is 0.928. The fourth-order valence-corrected chi connectivity index (χ4v) is 2.71. The predicted octanol–water partition coefficient (Wildman–Crippen LogP) is 2.89. The van der Waals surface area contributed by atoms with E-state index in [0.29, 0.717) is 0 Å². The van der Waals surface area contributed by atoms with Crippen LogP contribution in [-0.2, 0) is 4.79 Å². The smallest absolute Gasteiger partial charge is 0.225 e. The summed E-state index contributed by atoms with van der Waals surface area (Å²) in [6, 6.07) is 4.06. The molecule has 3 rings (SSSR count). The van der Waals surface area contributed by atoms with Gasteiger partial charge in [0.15, 0.2) is 5.82 Å². The van der Waals surface area contributed by atoms with E-state index in [0.717, 1.165) is 37.5 Å². The van der Waals surface area contributed by atoms with Gasteiger partial charge in [0, 0.05) is 49.9 Å². The Hall–Kier alpha value is -2.04. The number of fused-ring (bicyclic) bond motifs is 1. The molecule has 0 unspecified atom stereocenters. The largest absolute Gasteiger partial charge is 0.358 e. The van der Waals surface area contributed by atoms with E-state index in [-0.39, 0.29) is 11.8 Å². The normalized spacial score (nSPS) is 15.0. The molecule has 22 heavy (non-hydrogen) atoms. The fraction of sp³-hybridized carbons (Fsp3) is 0.529. The molecule has 0 bridgehead atoms. The number of amides is 1. The minimum atomic E-state index is 0.0755. The topological polar surface area (TPSA) is 52.2 Å². The first-order chi connectivity index (χ1) is 10.7. The second-order valence-electron chi connectivity index (χ2n) is 5.54. The van der Waals surface area contributed by atoms with E-state index in [1.165, 1.54) is 5.39 Å². The summed E-state index contributed by atoms with van der Waals surface area (Å²) in [4.78, 5) is 24.0. The van der Waals surface area contributed by atoms with Gasteiger partial charge in [0.1, 0.15) is 0 Å². The maximum Gasteiger partial charge on any atom is 0.225 e. The minimum Gasteiger partial charge on any atom is -0.358 e. The first-order valence-corrected chi connectivity index (χ1v) is 8.12. The Bertz CT molecular complexity index is 612. The van der Waals surface area contributed by atoms with Gasteiger partial charge in [-0.2, -0.15) is 0 Å². The van der Waals surface area contributed by atoms with Crippen LogP contribution in [-0.4, -0.2) is 47.0 Å². The van der Waals surface area contributed by atoms with Gasteiger partial charge < -0.3 is 14.8 Å². The van der Waals surface area contributed by atoms with Crippen molar-refractivity contribution in [3.63, 3.8) is 0 Å². The molecule has 5 nitrogen and oxygen atoms in total. The number of pyridine rings is 1. The first kappa shape index (κ1) is 16.3.